The Morgan fingerprint density at radius 2 is 1.75 bits per heavy atom. The van der Waals surface area contributed by atoms with E-state index in [1.807, 2.05) is 49.4 Å². The Morgan fingerprint density at radius 3 is 2.39 bits per heavy atom. The van der Waals surface area contributed by atoms with E-state index in [4.69, 9.17) is 9.47 Å². The van der Waals surface area contributed by atoms with Crippen LogP contribution in [0.2, 0.25) is 0 Å². The highest BCUT2D eigenvalue weighted by molar-refractivity contribution is 5.92. The third-order valence-electron chi connectivity index (χ3n) is 4.34. The highest BCUT2D eigenvalue weighted by atomic mass is 16.5. The minimum absolute atomic E-state index is 0.0453. The van der Waals surface area contributed by atoms with Gasteiger partial charge in [0, 0.05) is 26.4 Å². The molecule has 0 spiro atoms. The number of anilines is 1. The van der Waals surface area contributed by atoms with Crippen LogP contribution >= 0.6 is 0 Å². The van der Waals surface area contributed by atoms with Crippen molar-refractivity contribution >= 4 is 17.5 Å². The maximum Gasteiger partial charge on any atom is 0.226 e. The zero-order valence-electron chi connectivity index (χ0n) is 16.7. The van der Waals surface area contributed by atoms with Gasteiger partial charge in [-0.05, 0) is 43.2 Å². The molecule has 0 unspecified atom stereocenters. The molecule has 0 fully saturated rings. The molecule has 6 heteroatoms. The quantitative estimate of drug-likeness (QED) is 0.681. The monoisotopic (exact) mass is 384 g/mol. The van der Waals surface area contributed by atoms with Crippen LogP contribution in [0.15, 0.2) is 48.5 Å². The van der Waals surface area contributed by atoms with Crippen molar-refractivity contribution in [2.75, 3.05) is 32.1 Å². The van der Waals surface area contributed by atoms with E-state index in [-0.39, 0.29) is 18.2 Å². The van der Waals surface area contributed by atoms with Crippen molar-refractivity contribution < 1.29 is 19.1 Å². The molecular formula is C22H28N2O4. The Morgan fingerprint density at radius 1 is 1.04 bits per heavy atom. The van der Waals surface area contributed by atoms with E-state index >= 15 is 0 Å². The maximum absolute atomic E-state index is 12.3. The molecule has 0 radical (unpaired) electrons. The second-order valence-electron chi connectivity index (χ2n) is 6.33. The lowest BCUT2D eigenvalue weighted by Gasteiger charge is -2.21. The van der Waals surface area contributed by atoms with Gasteiger partial charge < -0.3 is 19.7 Å². The van der Waals surface area contributed by atoms with Gasteiger partial charge >= 0.3 is 0 Å². The number of nitrogens with zero attached hydrogens (tertiary/aromatic N) is 1. The average Bonchev–Trinajstić information content (AvgIpc) is 2.70. The first-order valence-corrected chi connectivity index (χ1v) is 9.43. The largest absolute Gasteiger partial charge is 0.497 e. The Kier molecular flexibility index (Phi) is 8.34. The molecule has 0 saturated carbocycles. The molecule has 150 valence electrons. The number of carbonyl (C=O) groups excluding carboxylic acids is 2. The maximum atomic E-state index is 12.3. The van der Waals surface area contributed by atoms with Crippen molar-refractivity contribution in [2.24, 2.45) is 0 Å². The fourth-order valence-corrected chi connectivity index (χ4v) is 2.78. The summed E-state index contributed by atoms with van der Waals surface area (Å²) in [7, 11) is 1.63. The third kappa shape index (κ3) is 6.61. The minimum atomic E-state index is -0.150. The number of hydrogen-bond acceptors (Lipinski definition) is 4. The normalized spacial score (nSPS) is 10.2. The van der Waals surface area contributed by atoms with Crippen LogP contribution in [0.1, 0.15) is 25.8 Å². The molecule has 0 aliphatic heterocycles. The molecule has 0 aromatic heterocycles. The fraction of sp³-hybridized carbons (Fsp3) is 0.364. The number of para-hydroxylation sites is 2. The molecule has 6 nitrogen and oxygen atoms in total. The van der Waals surface area contributed by atoms with Gasteiger partial charge in [0.05, 0.1) is 19.4 Å². The molecular weight excluding hydrogens is 356 g/mol. The Balaban J connectivity index is 1.86. The molecule has 2 aromatic carbocycles. The first kappa shape index (κ1) is 21.3. The first-order valence-electron chi connectivity index (χ1n) is 9.43. The average molecular weight is 384 g/mol. The van der Waals surface area contributed by atoms with Crippen LogP contribution in [-0.2, 0) is 16.0 Å². The number of amides is 2. The van der Waals surface area contributed by atoms with Gasteiger partial charge in [-0.3, -0.25) is 9.59 Å². The Bertz CT molecular complexity index is 774. The zero-order valence-corrected chi connectivity index (χ0v) is 16.7. The van der Waals surface area contributed by atoms with Crippen LogP contribution in [0, 0.1) is 0 Å². The van der Waals surface area contributed by atoms with Gasteiger partial charge in [-0.1, -0.05) is 24.3 Å². The molecule has 0 aliphatic carbocycles. The molecule has 2 aromatic rings. The second kappa shape index (κ2) is 11.0. The van der Waals surface area contributed by atoms with Crippen molar-refractivity contribution in [3.63, 3.8) is 0 Å². The predicted octanol–water partition coefficient (Wildman–Crippen LogP) is 3.51. The molecule has 1 N–H and O–H groups in total. The van der Waals surface area contributed by atoms with Gasteiger partial charge in [-0.15, -0.1) is 0 Å². The molecule has 28 heavy (non-hydrogen) atoms. The molecule has 2 rings (SSSR count). The SMILES string of the molecule is CCOc1ccccc1NC(=O)CCN(CCc1ccc(OC)cc1)C(C)=O. The zero-order chi connectivity index (χ0) is 20.4. The predicted molar refractivity (Wildman–Crippen MR) is 110 cm³/mol. The number of nitrogens with one attached hydrogen (secondary N) is 1. The van der Waals surface area contributed by atoms with Crippen molar-refractivity contribution in [1.29, 1.82) is 0 Å². The third-order valence-corrected chi connectivity index (χ3v) is 4.34. The van der Waals surface area contributed by atoms with Gasteiger partial charge in [0.2, 0.25) is 11.8 Å². The molecule has 0 atom stereocenters. The molecule has 0 bridgehead atoms. The highest BCUT2D eigenvalue weighted by Crippen LogP contribution is 2.23. The Labute approximate surface area is 166 Å². The number of benzene rings is 2. The standard InChI is InChI=1S/C22H28N2O4/c1-4-28-21-8-6-5-7-20(21)23-22(26)14-16-24(17(2)25)15-13-18-9-11-19(27-3)12-10-18/h5-12H,4,13-16H2,1-3H3,(H,23,26). The first-order chi connectivity index (χ1) is 13.5. The summed E-state index contributed by atoms with van der Waals surface area (Å²) in [5, 5.41) is 2.86. The molecule has 0 aliphatic rings. The van der Waals surface area contributed by atoms with Crippen molar-refractivity contribution in [3.8, 4) is 11.5 Å². The van der Waals surface area contributed by atoms with E-state index < -0.39 is 0 Å². The van der Waals surface area contributed by atoms with Crippen LogP contribution in [0.3, 0.4) is 0 Å². The van der Waals surface area contributed by atoms with Crippen LogP contribution in [0.25, 0.3) is 0 Å². The fourth-order valence-electron chi connectivity index (χ4n) is 2.78. The lowest BCUT2D eigenvalue weighted by Crippen LogP contribution is -2.33. The van der Waals surface area contributed by atoms with Crippen LogP contribution < -0.4 is 14.8 Å². The van der Waals surface area contributed by atoms with Gasteiger partial charge in [0.25, 0.3) is 0 Å². The summed E-state index contributed by atoms with van der Waals surface area (Å²) in [6.07, 6.45) is 0.945. The minimum Gasteiger partial charge on any atom is -0.497 e. The number of rotatable bonds is 10. The number of hydrogen-bond donors (Lipinski definition) is 1. The van der Waals surface area contributed by atoms with Crippen molar-refractivity contribution in [2.45, 2.75) is 26.7 Å². The van der Waals surface area contributed by atoms with E-state index in [9.17, 15) is 9.59 Å². The van der Waals surface area contributed by atoms with E-state index in [2.05, 4.69) is 5.32 Å². The van der Waals surface area contributed by atoms with Crippen LogP contribution in [0.5, 0.6) is 11.5 Å². The topological polar surface area (TPSA) is 67.9 Å². The Hall–Kier alpha value is -3.02. The summed E-state index contributed by atoms with van der Waals surface area (Å²) >= 11 is 0. The number of methoxy groups -OCH3 is 1. The summed E-state index contributed by atoms with van der Waals surface area (Å²) in [5.41, 5.74) is 1.75. The van der Waals surface area contributed by atoms with Crippen LogP contribution in [0.4, 0.5) is 5.69 Å². The van der Waals surface area contributed by atoms with E-state index in [0.717, 1.165) is 17.7 Å². The van der Waals surface area contributed by atoms with Gasteiger partial charge in [-0.2, -0.15) is 0 Å². The lowest BCUT2D eigenvalue weighted by atomic mass is 10.1. The van der Waals surface area contributed by atoms with E-state index in [0.29, 0.717) is 31.1 Å². The molecule has 0 saturated heterocycles. The summed E-state index contributed by atoms with van der Waals surface area (Å²) in [5.74, 6) is 1.25. The number of carbonyl (C=O) groups is 2. The lowest BCUT2D eigenvalue weighted by molar-refractivity contribution is -0.129. The van der Waals surface area contributed by atoms with Crippen molar-refractivity contribution in [3.05, 3.63) is 54.1 Å². The van der Waals surface area contributed by atoms with Crippen molar-refractivity contribution in [1.82, 2.24) is 4.90 Å². The smallest absolute Gasteiger partial charge is 0.226 e. The van der Waals surface area contributed by atoms with Crippen LogP contribution in [-0.4, -0.2) is 43.5 Å². The van der Waals surface area contributed by atoms with E-state index in [1.54, 1.807) is 18.1 Å². The second-order valence-corrected chi connectivity index (χ2v) is 6.33. The van der Waals surface area contributed by atoms with Gasteiger partial charge in [0.15, 0.2) is 0 Å². The molecule has 0 heterocycles. The van der Waals surface area contributed by atoms with Gasteiger partial charge in [-0.25, -0.2) is 0 Å². The summed E-state index contributed by atoms with van der Waals surface area (Å²) in [6, 6.07) is 15.1. The van der Waals surface area contributed by atoms with E-state index in [1.165, 1.54) is 6.92 Å². The number of ether oxygens (including phenoxy) is 2. The summed E-state index contributed by atoms with van der Waals surface area (Å²) in [6.45, 7) is 4.87. The molecule has 2 amide bonds. The summed E-state index contributed by atoms with van der Waals surface area (Å²) < 4.78 is 10.7. The van der Waals surface area contributed by atoms with Gasteiger partial charge in [0.1, 0.15) is 11.5 Å². The summed E-state index contributed by atoms with van der Waals surface area (Å²) in [4.78, 5) is 25.9. The highest BCUT2D eigenvalue weighted by Gasteiger charge is 2.13.